The molecule has 0 unspecified atom stereocenters. The van der Waals surface area contributed by atoms with Crippen LogP contribution in [0, 0.1) is 23.2 Å². The van der Waals surface area contributed by atoms with Crippen LogP contribution < -0.4 is 4.90 Å². The lowest BCUT2D eigenvalue weighted by Gasteiger charge is -2.35. The molecular formula is C20H27N. The zero-order chi connectivity index (χ0) is 15.0. The van der Waals surface area contributed by atoms with E-state index in [0.29, 0.717) is 6.04 Å². The van der Waals surface area contributed by atoms with Crippen molar-refractivity contribution in [1.29, 1.82) is 0 Å². The number of benzene rings is 1. The highest BCUT2D eigenvalue weighted by Gasteiger charge is 2.36. The standard InChI is InChI=1S/C20H27N/c1-15(2)21-14-6-8-18-16(7-5-9-19(18)21)12-13-20(3,4)17-10-11-17/h5,7,9,15,17H,6,8,10-11,14H2,1-4H3. The number of hydrogen-bond acceptors (Lipinski definition) is 1. The Morgan fingerprint density at radius 1 is 1.24 bits per heavy atom. The molecule has 0 spiro atoms. The number of hydrogen-bond donors (Lipinski definition) is 0. The Labute approximate surface area is 129 Å². The second-order valence-electron chi connectivity index (χ2n) is 7.44. The van der Waals surface area contributed by atoms with E-state index in [4.69, 9.17) is 0 Å². The molecule has 1 heteroatoms. The van der Waals surface area contributed by atoms with Gasteiger partial charge in [0, 0.05) is 29.3 Å². The summed E-state index contributed by atoms with van der Waals surface area (Å²) >= 11 is 0. The molecule has 1 aromatic rings. The highest BCUT2D eigenvalue weighted by Crippen LogP contribution is 2.44. The van der Waals surface area contributed by atoms with E-state index in [2.05, 4.69) is 62.6 Å². The van der Waals surface area contributed by atoms with Gasteiger partial charge in [-0.05, 0) is 77.0 Å². The number of fused-ring (bicyclic) bond motifs is 1. The first-order valence-electron chi connectivity index (χ1n) is 8.41. The maximum absolute atomic E-state index is 3.56. The van der Waals surface area contributed by atoms with Crippen LogP contribution in [0.25, 0.3) is 0 Å². The number of anilines is 1. The van der Waals surface area contributed by atoms with Crippen molar-refractivity contribution >= 4 is 5.69 Å². The van der Waals surface area contributed by atoms with Gasteiger partial charge >= 0.3 is 0 Å². The summed E-state index contributed by atoms with van der Waals surface area (Å²) in [5.41, 5.74) is 4.31. The lowest BCUT2D eigenvalue weighted by molar-refractivity contribution is 0.431. The van der Waals surface area contributed by atoms with Gasteiger partial charge in [-0.3, -0.25) is 0 Å². The molecule has 1 aliphatic carbocycles. The van der Waals surface area contributed by atoms with Crippen molar-refractivity contribution in [2.75, 3.05) is 11.4 Å². The molecule has 1 nitrogen and oxygen atoms in total. The molecule has 3 rings (SSSR count). The molecular weight excluding hydrogens is 254 g/mol. The highest BCUT2D eigenvalue weighted by atomic mass is 15.2. The average Bonchev–Trinajstić information content (AvgIpc) is 3.29. The van der Waals surface area contributed by atoms with Crippen LogP contribution in [0.3, 0.4) is 0 Å². The zero-order valence-corrected chi connectivity index (χ0v) is 13.9. The molecule has 1 fully saturated rings. The molecule has 1 heterocycles. The topological polar surface area (TPSA) is 3.24 Å². The molecule has 0 bridgehead atoms. The van der Waals surface area contributed by atoms with Crippen LogP contribution in [0.1, 0.15) is 58.1 Å². The molecule has 0 amide bonds. The Balaban J connectivity index is 1.94. The van der Waals surface area contributed by atoms with Crippen molar-refractivity contribution < 1.29 is 0 Å². The van der Waals surface area contributed by atoms with Crippen molar-refractivity contribution in [3.05, 3.63) is 29.3 Å². The first-order chi connectivity index (χ1) is 9.99. The van der Waals surface area contributed by atoms with Gasteiger partial charge in [0.15, 0.2) is 0 Å². The summed E-state index contributed by atoms with van der Waals surface area (Å²) in [5.74, 6) is 7.90. The third-order valence-corrected chi connectivity index (χ3v) is 5.03. The summed E-state index contributed by atoms with van der Waals surface area (Å²) in [5, 5.41) is 0. The fraction of sp³-hybridized carbons (Fsp3) is 0.600. The van der Waals surface area contributed by atoms with Gasteiger partial charge in [-0.1, -0.05) is 17.9 Å². The van der Waals surface area contributed by atoms with E-state index in [0.717, 1.165) is 5.92 Å². The molecule has 1 aliphatic heterocycles. The molecule has 0 N–H and O–H groups in total. The van der Waals surface area contributed by atoms with E-state index in [9.17, 15) is 0 Å². The van der Waals surface area contributed by atoms with Crippen molar-refractivity contribution in [3.63, 3.8) is 0 Å². The lowest BCUT2D eigenvalue weighted by Crippen LogP contribution is -2.35. The normalized spacial score (nSPS) is 18.2. The van der Waals surface area contributed by atoms with Crippen LogP contribution in [0.4, 0.5) is 5.69 Å². The first-order valence-corrected chi connectivity index (χ1v) is 8.41. The Morgan fingerprint density at radius 3 is 2.67 bits per heavy atom. The third-order valence-electron chi connectivity index (χ3n) is 5.03. The van der Waals surface area contributed by atoms with Crippen LogP contribution in [0.15, 0.2) is 18.2 Å². The minimum atomic E-state index is 0.176. The molecule has 2 aliphatic rings. The molecule has 0 radical (unpaired) electrons. The van der Waals surface area contributed by atoms with Gasteiger partial charge in [0.05, 0.1) is 0 Å². The van der Waals surface area contributed by atoms with Crippen molar-refractivity contribution in [3.8, 4) is 11.8 Å². The molecule has 0 atom stereocenters. The lowest BCUT2D eigenvalue weighted by atomic mass is 9.87. The van der Waals surface area contributed by atoms with Crippen LogP contribution >= 0.6 is 0 Å². The van der Waals surface area contributed by atoms with Crippen molar-refractivity contribution in [1.82, 2.24) is 0 Å². The predicted molar refractivity (Wildman–Crippen MR) is 90.6 cm³/mol. The molecule has 0 saturated heterocycles. The van der Waals surface area contributed by atoms with Crippen LogP contribution in [-0.4, -0.2) is 12.6 Å². The Kier molecular flexibility index (Phi) is 3.74. The van der Waals surface area contributed by atoms with Crippen LogP contribution in [0.2, 0.25) is 0 Å². The predicted octanol–water partition coefficient (Wildman–Crippen LogP) is 4.64. The highest BCUT2D eigenvalue weighted by molar-refractivity contribution is 5.62. The molecule has 1 aromatic carbocycles. The van der Waals surface area contributed by atoms with E-state index in [1.165, 1.54) is 49.0 Å². The summed E-state index contributed by atoms with van der Waals surface area (Å²) in [6.45, 7) is 10.3. The average molecular weight is 281 g/mol. The van der Waals surface area contributed by atoms with Crippen molar-refractivity contribution in [2.45, 2.75) is 59.4 Å². The van der Waals surface area contributed by atoms with E-state index in [1.54, 1.807) is 0 Å². The van der Waals surface area contributed by atoms with E-state index < -0.39 is 0 Å². The fourth-order valence-corrected chi connectivity index (χ4v) is 3.44. The van der Waals surface area contributed by atoms with Crippen molar-refractivity contribution in [2.24, 2.45) is 11.3 Å². The van der Waals surface area contributed by atoms with Gasteiger partial charge in [0.25, 0.3) is 0 Å². The second-order valence-corrected chi connectivity index (χ2v) is 7.44. The summed E-state index contributed by atoms with van der Waals surface area (Å²) in [6.07, 6.45) is 5.13. The smallest absolute Gasteiger partial charge is 0.0413 e. The van der Waals surface area contributed by atoms with Gasteiger partial charge in [0.1, 0.15) is 0 Å². The maximum Gasteiger partial charge on any atom is 0.0413 e. The largest absolute Gasteiger partial charge is 0.369 e. The second kappa shape index (κ2) is 5.41. The Bertz CT molecular complexity index is 582. The van der Waals surface area contributed by atoms with Gasteiger partial charge in [-0.25, -0.2) is 0 Å². The quantitative estimate of drug-likeness (QED) is 0.714. The first kappa shape index (κ1) is 14.5. The fourth-order valence-electron chi connectivity index (χ4n) is 3.44. The number of nitrogens with zero attached hydrogens (tertiary/aromatic N) is 1. The molecule has 112 valence electrons. The van der Waals surface area contributed by atoms with Gasteiger partial charge < -0.3 is 4.90 Å². The van der Waals surface area contributed by atoms with Crippen LogP contribution in [-0.2, 0) is 6.42 Å². The summed E-state index contributed by atoms with van der Waals surface area (Å²) < 4.78 is 0. The van der Waals surface area contributed by atoms with E-state index in [-0.39, 0.29) is 5.41 Å². The Hall–Kier alpha value is -1.42. The van der Waals surface area contributed by atoms with Gasteiger partial charge in [0.2, 0.25) is 0 Å². The Morgan fingerprint density at radius 2 is 2.00 bits per heavy atom. The third kappa shape index (κ3) is 2.95. The maximum atomic E-state index is 3.56. The van der Waals surface area contributed by atoms with Gasteiger partial charge in [-0.2, -0.15) is 0 Å². The summed E-state index contributed by atoms with van der Waals surface area (Å²) in [7, 11) is 0. The van der Waals surface area contributed by atoms with Gasteiger partial charge in [-0.15, -0.1) is 0 Å². The van der Waals surface area contributed by atoms with Crippen LogP contribution in [0.5, 0.6) is 0 Å². The summed E-state index contributed by atoms with van der Waals surface area (Å²) in [4.78, 5) is 2.52. The van der Waals surface area contributed by atoms with E-state index >= 15 is 0 Å². The minimum Gasteiger partial charge on any atom is -0.369 e. The monoisotopic (exact) mass is 281 g/mol. The van der Waals surface area contributed by atoms with E-state index in [1.807, 2.05) is 0 Å². The summed E-state index contributed by atoms with van der Waals surface area (Å²) in [6, 6.07) is 7.22. The number of rotatable bonds is 2. The molecule has 0 aromatic heterocycles. The zero-order valence-electron chi connectivity index (χ0n) is 13.9. The minimum absolute atomic E-state index is 0.176. The molecule has 1 saturated carbocycles. The SMILES string of the molecule is CC(C)N1CCCc2c(C#CC(C)(C)C3CC3)cccc21. The molecule has 21 heavy (non-hydrogen) atoms.